The highest BCUT2D eigenvalue weighted by Crippen LogP contribution is 2.47. The van der Waals surface area contributed by atoms with Gasteiger partial charge in [0.15, 0.2) is 0 Å². The van der Waals surface area contributed by atoms with Crippen LogP contribution in [0.4, 0.5) is 14.5 Å². The number of hydrogen-bond acceptors (Lipinski definition) is 8. The third-order valence-corrected chi connectivity index (χ3v) is 9.30. The Morgan fingerprint density at radius 2 is 1.70 bits per heavy atom. The van der Waals surface area contributed by atoms with Gasteiger partial charge in [-0.15, -0.1) is 0 Å². The molecular weight excluding hydrogens is 661 g/mol. The zero-order chi connectivity index (χ0) is 33.9. The van der Waals surface area contributed by atoms with Crippen LogP contribution in [0.5, 0.6) is 5.88 Å². The fourth-order valence-corrected chi connectivity index (χ4v) is 6.68. The van der Waals surface area contributed by atoms with Gasteiger partial charge in [0, 0.05) is 55.5 Å². The van der Waals surface area contributed by atoms with Gasteiger partial charge in [0.25, 0.3) is 11.5 Å². The minimum atomic E-state index is -1.04. The Morgan fingerprint density at radius 3 is 2.36 bits per heavy atom. The molecule has 2 aliphatic rings. The van der Waals surface area contributed by atoms with Crippen LogP contribution in [-0.2, 0) is 25.3 Å². The number of nitrogens with one attached hydrogen (secondary N) is 1. The van der Waals surface area contributed by atoms with Crippen LogP contribution in [0.1, 0.15) is 34.1 Å². The number of anilines is 1. The SMILES string of the molecule is COc1nc(-c2ccc(F)c(-c3c(F)ccc(NC(=O)c4nn(C)c(=O)n(C)c4=O)c3Cl)c2Cl)cc2c1C(N1CC(C(=O)O)C1)CC2. The van der Waals surface area contributed by atoms with E-state index in [1.807, 2.05) is 0 Å². The van der Waals surface area contributed by atoms with E-state index in [4.69, 9.17) is 27.9 Å². The van der Waals surface area contributed by atoms with Crippen LogP contribution >= 0.6 is 23.2 Å². The lowest BCUT2D eigenvalue weighted by Crippen LogP contribution is -2.51. The summed E-state index contributed by atoms with van der Waals surface area (Å²) in [5.74, 6) is -3.84. The number of carboxylic acids is 1. The zero-order valence-electron chi connectivity index (χ0n) is 25.1. The predicted molar refractivity (Wildman–Crippen MR) is 168 cm³/mol. The fourth-order valence-electron chi connectivity index (χ4n) is 6.04. The van der Waals surface area contributed by atoms with E-state index >= 15 is 8.78 Å². The van der Waals surface area contributed by atoms with Gasteiger partial charge < -0.3 is 15.2 Å². The van der Waals surface area contributed by atoms with Gasteiger partial charge >= 0.3 is 11.7 Å². The van der Waals surface area contributed by atoms with Crippen molar-refractivity contribution in [3.63, 3.8) is 0 Å². The molecule has 47 heavy (non-hydrogen) atoms. The highest BCUT2D eigenvalue weighted by molar-refractivity contribution is 6.39. The van der Waals surface area contributed by atoms with Crippen LogP contribution in [0.25, 0.3) is 22.4 Å². The Bertz CT molecular complexity index is 2110. The Morgan fingerprint density at radius 1 is 1.04 bits per heavy atom. The summed E-state index contributed by atoms with van der Waals surface area (Å²) < 4.78 is 38.0. The lowest BCUT2D eigenvalue weighted by molar-refractivity contribution is -0.148. The van der Waals surface area contributed by atoms with Crippen molar-refractivity contribution < 1.29 is 28.2 Å². The van der Waals surface area contributed by atoms with Crippen LogP contribution < -0.4 is 21.3 Å². The van der Waals surface area contributed by atoms with Crippen LogP contribution in [0.2, 0.25) is 10.0 Å². The number of carboxylic acid groups (broad SMARTS) is 1. The summed E-state index contributed by atoms with van der Waals surface area (Å²) in [6.07, 6.45) is 1.38. The van der Waals surface area contributed by atoms with Crippen molar-refractivity contribution in [3.8, 4) is 28.3 Å². The van der Waals surface area contributed by atoms with Gasteiger partial charge in [-0.25, -0.2) is 23.2 Å². The van der Waals surface area contributed by atoms with E-state index in [1.54, 1.807) is 6.07 Å². The highest BCUT2D eigenvalue weighted by Gasteiger charge is 2.41. The van der Waals surface area contributed by atoms with Crippen LogP contribution in [0.15, 0.2) is 39.9 Å². The third-order valence-electron chi connectivity index (χ3n) is 8.52. The summed E-state index contributed by atoms with van der Waals surface area (Å²) >= 11 is 13.3. The van der Waals surface area contributed by atoms with Crippen LogP contribution in [0.3, 0.4) is 0 Å². The van der Waals surface area contributed by atoms with Gasteiger partial charge in [0.2, 0.25) is 11.6 Å². The summed E-state index contributed by atoms with van der Waals surface area (Å²) in [4.78, 5) is 55.5. The average Bonchev–Trinajstić information content (AvgIpc) is 3.43. The molecule has 1 aliphatic carbocycles. The number of nitrogens with zero attached hydrogens (tertiary/aromatic N) is 5. The molecule has 1 aliphatic heterocycles. The van der Waals surface area contributed by atoms with Gasteiger partial charge in [-0.2, -0.15) is 5.10 Å². The molecule has 1 saturated heterocycles. The number of aromatic nitrogens is 4. The van der Waals surface area contributed by atoms with Crippen molar-refractivity contribution in [2.45, 2.75) is 18.9 Å². The number of halogens is 4. The summed E-state index contributed by atoms with van der Waals surface area (Å²) in [6.45, 7) is 0.836. The number of carbonyl (C=O) groups is 2. The number of benzene rings is 2. The first kappa shape index (κ1) is 32.3. The van der Waals surface area contributed by atoms with E-state index in [2.05, 4.69) is 20.3 Å². The van der Waals surface area contributed by atoms with Gasteiger partial charge in [0.05, 0.1) is 34.5 Å². The Labute approximate surface area is 275 Å². The number of methoxy groups -OCH3 is 1. The summed E-state index contributed by atoms with van der Waals surface area (Å²) in [7, 11) is 3.90. The maximum absolute atomic E-state index is 15.5. The molecule has 4 aromatic rings. The normalized spacial score (nSPS) is 16.1. The molecule has 0 spiro atoms. The molecule has 16 heteroatoms. The molecule has 0 bridgehead atoms. The molecule has 2 aromatic heterocycles. The highest BCUT2D eigenvalue weighted by atomic mass is 35.5. The number of aryl methyl sites for hydroxylation is 2. The lowest BCUT2D eigenvalue weighted by Gasteiger charge is -2.41. The van der Waals surface area contributed by atoms with E-state index in [-0.39, 0.29) is 22.3 Å². The van der Waals surface area contributed by atoms with Crippen molar-refractivity contribution in [2.24, 2.45) is 20.0 Å². The summed E-state index contributed by atoms with van der Waals surface area (Å²) in [5.41, 5.74) is -1.02. The second-order valence-corrected chi connectivity index (χ2v) is 12.0. The van der Waals surface area contributed by atoms with Crippen LogP contribution in [0, 0.1) is 17.6 Å². The Hall–Kier alpha value is -4.66. The molecule has 0 saturated carbocycles. The number of rotatable bonds is 7. The standard InChI is InChI=1S/C31H26Cl2F2N6O6/c1-39-29(43)26(38-40(2)31(39)46)27(42)36-18-8-7-17(35)23(25(18)33)22-16(34)6-5-15(24(22)32)19-10-13-4-9-20(21(13)28(37-19)47-3)41-11-14(12-41)30(44)45/h5-8,10,14,20H,4,9,11-12H2,1-3H3,(H,36,42)(H,44,45). The fraction of sp³-hybridized carbons (Fsp3) is 0.290. The molecule has 1 atom stereocenters. The van der Waals surface area contributed by atoms with Crippen molar-refractivity contribution >= 4 is 40.8 Å². The molecule has 6 rings (SSSR count). The molecule has 2 N–H and O–H groups in total. The van der Waals surface area contributed by atoms with Gasteiger partial charge in [-0.1, -0.05) is 23.2 Å². The Kier molecular flexibility index (Phi) is 8.36. The van der Waals surface area contributed by atoms with Crippen molar-refractivity contribution in [1.82, 2.24) is 24.2 Å². The molecule has 3 heterocycles. The minimum Gasteiger partial charge on any atom is -0.481 e. The number of amides is 1. The maximum atomic E-state index is 15.5. The Balaban J connectivity index is 1.38. The number of pyridine rings is 1. The first-order valence-corrected chi connectivity index (χ1v) is 15.0. The summed E-state index contributed by atoms with van der Waals surface area (Å²) in [5, 5.41) is 14.8. The first-order valence-electron chi connectivity index (χ1n) is 14.3. The monoisotopic (exact) mass is 686 g/mol. The topological polar surface area (TPSA) is 149 Å². The van der Waals surface area contributed by atoms with E-state index in [1.165, 1.54) is 27.3 Å². The van der Waals surface area contributed by atoms with Crippen LogP contribution in [-0.4, -0.2) is 61.4 Å². The van der Waals surface area contributed by atoms with Gasteiger partial charge in [-0.05, 0) is 48.7 Å². The predicted octanol–water partition coefficient (Wildman–Crippen LogP) is 4.06. The molecule has 1 fully saturated rings. The second kappa shape index (κ2) is 12.2. The largest absolute Gasteiger partial charge is 0.481 e. The number of carbonyl (C=O) groups excluding carboxylic acids is 1. The molecule has 0 radical (unpaired) electrons. The lowest BCUT2D eigenvalue weighted by atomic mass is 9.95. The molecule has 2 aromatic carbocycles. The number of aliphatic carboxylic acids is 1. The summed E-state index contributed by atoms with van der Waals surface area (Å²) in [6, 6.07) is 6.29. The van der Waals surface area contributed by atoms with Crippen molar-refractivity contribution in [3.05, 3.63) is 89.7 Å². The molecular formula is C31H26Cl2F2N6O6. The molecule has 1 unspecified atom stereocenters. The van der Waals surface area contributed by atoms with E-state index in [0.717, 1.165) is 40.4 Å². The number of hydrogen-bond donors (Lipinski definition) is 2. The van der Waals surface area contributed by atoms with Gasteiger partial charge in [-0.3, -0.25) is 23.9 Å². The maximum Gasteiger partial charge on any atom is 0.346 e. The third kappa shape index (κ3) is 5.45. The number of ether oxygens (including phenoxy) is 1. The zero-order valence-corrected chi connectivity index (χ0v) is 26.6. The smallest absolute Gasteiger partial charge is 0.346 e. The number of likely N-dealkylation sites (tertiary alicyclic amines) is 1. The first-order chi connectivity index (χ1) is 22.3. The average molecular weight is 687 g/mol. The second-order valence-electron chi connectivity index (χ2n) is 11.3. The van der Waals surface area contributed by atoms with Gasteiger partial charge in [0.1, 0.15) is 11.6 Å². The van der Waals surface area contributed by atoms with E-state index in [9.17, 15) is 24.3 Å². The minimum absolute atomic E-state index is 0.0710. The van der Waals surface area contributed by atoms with Crippen molar-refractivity contribution in [1.29, 1.82) is 0 Å². The van der Waals surface area contributed by atoms with Crippen molar-refractivity contribution in [2.75, 3.05) is 25.5 Å². The molecule has 12 nitrogen and oxygen atoms in total. The quantitative estimate of drug-likeness (QED) is 0.294. The van der Waals surface area contributed by atoms with E-state index < -0.39 is 62.5 Å². The van der Waals surface area contributed by atoms with E-state index in [0.29, 0.717) is 35.7 Å². The molecule has 1 amide bonds. The molecule has 244 valence electrons. The number of fused-ring (bicyclic) bond motifs is 1.